The molecule has 1 amide bonds. The lowest BCUT2D eigenvalue weighted by Gasteiger charge is -2.31. The van der Waals surface area contributed by atoms with E-state index in [1.54, 1.807) is 13.8 Å². The van der Waals surface area contributed by atoms with E-state index < -0.39 is 33.2 Å². The van der Waals surface area contributed by atoms with Crippen molar-refractivity contribution in [1.29, 1.82) is 0 Å². The van der Waals surface area contributed by atoms with Gasteiger partial charge in [-0.05, 0) is 19.9 Å². The van der Waals surface area contributed by atoms with E-state index in [1.165, 1.54) is 6.07 Å². The first-order chi connectivity index (χ1) is 9.77. The van der Waals surface area contributed by atoms with Gasteiger partial charge in [-0.15, -0.1) is 0 Å². The summed E-state index contributed by atoms with van der Waals surface area (Å²) in [4.78, 5) is 14.6. The van der Waals surface area contributed by atoms with Crippen LogP contribution in [0.15, 0.2) is 17.1 Å². The molecular formula is C13H15F2N3O2S. The Morgan fingerprint density at radius 1 is 1.48 bits per heavy atom. The predicted octanol–water partition coefficient (Wildman–Crippen LogP) is 1.47. The van der Waals surface area contributed by atoms with Gasteiger partial charge in [-0.2, -0.15) is 0 Å². The topological polar surface area (TPSA) is 84.5 Å². The van der Waals surface area contributed by atoms with Gasteiger partial charge in [0.15, 0.2) is 11.6 Å². The molecular weight excluding hydrogens is 300 g/mol. The van der Waals surface area contributed by atoms with Crippen molar-refractivity contribution < 1.29 is 17.8 Å². The molecule has 0 bridgehead atoms. The van der Waals surface area contributed by atoms with Crippen LogP contribution in [0.3, 0.4) is 0 Å². The smallest absolute Gasteiger partial charge is 0.211 e. The molecule has 8 heteroatoms. The third kappa shape index (κ3) is 2.80. The van der Waals surface area contributed by atoms with Gasteiger partial charge in [-0.3, -0.25) is 14.0 Å². The maximum Gasteiger partial charge on any atom is 0.211 e. The maximum atomic E-state index is 14.0. The third-order valence-corrected chi connectivity index (χ3v) is 5.40. The van der Waals surface area contributed by atoms with Crippen molar-refractivity contribution in [2.45, 2.75) is 24.6 Å². The van der Waals surface area contributed by atoms with E-state index in [0.29, 0.717) is 6.41 Å². The Balaban J connectivity index is 2.50. The van der Waals surface area contributed by atoms with Gasteiger partial charge in [0.25, 0.3) is 0 Å². The molecule has 0 fully saturated rings. The van der Waals surface area contributed by atoms with Gasteiger partial charge in [-0.25, -0.2) is 8.78 Å². The monoisotopic (exact) mass is 315 g/mol. The van der Waals surface area contributed by atoms with E-state index in [0.717, 1.165) is 6.07 Å². The molecule has 21 heavy (non-hydrogen) atoms. The summed E-state index contributed by atoms with van der Waals surface area (Å²) in [5.41, 5.74) is 5.81. The number of anilines is 1. The summed E-state index contributed by atoms with van der Waals surface area (Å²) in [5.74, 6) is -2.02. The fraction of sp³-hybridized carbons (Fsp3) is 0.385. The van der Waals surface area contributed by atoms with Crippen molar-refractivity contribution in [2.24, 2.45) is 10.7 Å². The number of amidine groups is 1. The van der Waals surface area contributed by atoms with E-state index >= 15 is 0 Å². The summed E-state index contributed by atoms with van der Waals surface area (Å²) in [7, 11) is -1.37. The first-order valence-electron chi connectivity index (χ1n) is 6.18. The number of carbonyl (C=O) groups is 1. The molecule has 0 saturated carbocycles. The molecule has 114 valence electrons. The number of nitrogens with one attached hydrogen (secondary N) is 1. The average molecular weight is 315 g/mol. The van der Waals surface area contributed by atoms with Crippen LogP contribution in [-0.2, 0) is 15.6 Å². The Bertz CT molecular complexity index is 647. The lowest BCUT2D eigenvalue weighted by Crippen LogP contribution is -2.47. The second-order valence-electron chi connectivity index (χ2n) is 5.18. The highest BCUT2D eigenvalue weighted by atomic mass is 32.2. The molecule has 1 aliphatic heterocycles. The SMILES string of the molecule is CC1(C)C(N)=NC(c2cc(NC=O)cc(F)c2F)CS1=O. The van der Waals surface area contributed by atoms with Gasteiger partial charge < -0.3 is 11.1 Å². The highest BCUT2D eigenvalue weighted by Crippen LogP contribution is 2.32. The van der Waals surface area contributed by atoms with Crippen molar-refractivity contribution >= 4 is 28.7 Å². The molecule has 0 saturated heterocycles. The molecule has 0 spiro atoms. The lowest BCUT2D eigenvalue weighted by atomic mass is 10.1. The number of nitrogens with two attached hydrogens (primary N) is 1. The number of nitrogens with zero attached hydrogens (tertiary/aromatic N) is 1. The quantitative estimate of drug-likeness (QED) is 0.828. The zero-order chi connectivity index (χ0) is 15.8. The first kappa shape index (κ1) is 15.6. The second-order valence-corrected chi connectivity index (χ2v) is 7.22. The molecule has 1 aromatic rings. The number of amides is 1. The van der Waals surface area contributed by atoms with Gasteiger partial charge in [0, 0.05) is 28.1 Å². The molecule has 2 rings (SSSR count). The van der Waals surface area contributed by atoms with E-state index in [-0.39, 0.29) is 22.8 Å². The van der Waals surface area contributed by atoms with E-state index in [9.17, 15) is 17.8 Å². The molecule has 1 heterocycles. The first-order valence-corrected chi connectivity index (χ1v) is 7.50. The zero-order valence-corrected chi connectivity index (χ0v) is 12.3. The van der Waals surface area contributed by atoms with Gasteiger partial charge in [0.1, 0.15) is 5.84 Å². The number of aliphatic imine (C=N–C) groups is 1. The van der Waals surface area contributed by atoms with E-state index in [2.05, 4.69) is 10.3 Å². The van der Waals surface area contributed by atoms with Crippen LogP contribution >= 0.6 is 0 Å². The Morgan fingerprint density at radius 2 is 2.14 bits per heavy atom. The summed E-state index contributed by atoms with van der Waals surface area (Å²) < 4.78 is 38.9. The molecule has 1 aliphatic rings. The van der Waals surface area contributed by atoms with Crippen LogP contribution in [0.4, 0.5) is 14.5 Å². The summed E-state index contributed by atoms with van der Waals surface area (Å²) in [6.07, 6.45) is 0.357. The van der Waals surface area contributed by atoms with Crippen LogP contribution < -0.4 is 11.1 Å². The van der Waals surface area contributed by atoms with Crippen molar-refractivity contribution in [2.75, 3.05) is 11.1 Å². The Labute approximate surface area is 123 Å². The number of halogens is 2. The fourth-order valence-electron chi connectivity index (χ4n) is 1.99. The minimum Gasteiger partial charge on any atom is -0.386 e. The van der Waals surface area contributed by atoms with Crippen LogP contribution in [0.2, 0.25) is 0 Å². The van der Waals surface area contributed by atoms with Gasteiger partial charge in [0.05, 0.1) is 16.5 Å². The highest BCUT2D eigenvalue weighted by Gasteiger charge is 2.38. The summed E-state index contributed by atoms with van der Waals surface area (Å²) >= 11 is 0. The van der Waals surface area contributed by atoms with E-state index in [1.807, 2.05) is 0 Å². The number of carbonyl (C=O) groups excluding carboxylic acids is 1. The minimum atomic E-state index is -1.37. The number of benzene rings is 1. The largest absolute Gasteiger partial charge is 0.386 e. The predicted molar refractivity (Wildman–Crippen MR) is 77.5 cm³/mol. The number of hydrogen-bond donors (Lipinski definition) is 2. The van der Waals surface area contributed by atoms with Gasteiger partial charge >= 0.3 is 0 Å². The summed E-state index contributed by atoms with van der Waals surface area (Å²) in [5, 5.41) is 2.25. The molecule has 1 aromatic carbocycles. The highest BCUT2D eigenvalue weighted by molar-refractivity contribution is 7.87. The summed E-state index contributed by atoms with van der Waals surface area (Å²) in [6, 6.07) is 1.29. The fourth-order valence-corrected chi connectivity index (χ4v) is 3.24. The van der Waals surface area contributed by atoms with Crippen LogP contribution in [0, 0.1) is 11.6 Å². The Hall–Kier alpha value is -1.83. The third-order valence-electron chi connectivity index (χ3n) is 3.43. The molecule has 3 N–H and O–H groups in total. The lowest BCUT2D eigenvalue weighted by molar-refractivity contribution is -0.105. The van der Waals surface area contributed by atoms with Crippen LogP contribution in [0.25, 0.3) is 0 Å². The van der Waals surface area contributed by atoms with Gasteiger partial charge in [0.2, 0.25) is 6.41 Å². The maximum absolute atomic E-state index is 14.0. The Morgan fingerprint density at radius 3 is 2.71 bits per heavy atom. The van der Waals surface area contributed by atoms with Gasteiger partial charge in [-0.1, -0.05) is 0 Å². The van der Waals surface area contributed by atoms with E-state index in [4.69, 9.17) is 5.73 Å². The minimum absolute atomic E-state index is 0.0363. The van der Waals surface area contributed by atoms with Crippen LogP contribution in [-0.4, -0.2) is 27.0 Å². The molecule has 0 aliphatic carbocycles. The number of hydrogen-bond acceptors (Lipinski definition) is 4. The van der Waals surface area contributed by atoms with Crippen molar-refractivity contribution in [3.63, 3.8) is 0 Å². The van der Waals surface area contributed by atoms with Crippen molar-refractivity contribution in [3.8, 4) is 0 Å². The molecule has 2 unspecified atom stereocenters. The van der Waals surface area contributed by atoms with Crippen LogP contribution in [0.1, 0.15) is 25.5 Å². The molecule has 0 aromatic heterocycles. The van der Waals surface area contributed by atoms with Crippen molar-refractivity contribution in [3.05, 3.63) is 29.3 Å². The zero-order valence-electron chi connectivity index (χ0n) is 11.5. The average Bonchev–Trinajstić information content (AvgIpc) is 2.40. The standard InChI is InChI=1S/C13H15F2N3O2S/c1-13(2)12(16)18-10(5-21(13)20)8-3-7(17-6-19)4-9(14)11(8)15/h3-4,6,10H,5H2,1-2H3,(H2,16,18)(H,17,19). The van der Waals surface area contributed by atoms with Crippen molar-refractivity contribution in [1.82, 2.24) is 0 Å². The molecule has 2 atom stereocenters. The molecule has 0 radical (unpaired) electrons. The summed E-state index contributed by atoms with van der Waals surface area (Å²) in [6.45, 7) is 3.36. The van der Waals surface area contributed by atoms with Crippen LogP contribution in [0.5, 0.6) is 0 Å². The normalized spacial score (nSPS) is 24.3. The number of rotatable bonds is 3. The second kappa shape index (κ2) is 5.51. The molecule has 5 nitrogen and oxygen atoms in total. The Kier molecular flexibility index (Phi) is 4.08.